The molecule has 26 heavy (non-hydrogen) atoms. The summed E-state index contributed by atoms with van der Waals surface area (Å²) in [6.45, 7) is 4.23. The van der Waals surface area contributed by atoms with Crippen molar-refractivity contribution in [2.45, 2.75) is 44.0 Å². The number of rotatable bonds is 6. The van der Waals surface area contributed by atoms with Gasteiger partial charge in [0.05, 0.1) is 10.3 Å². The Balaban J connectivity index is 0.00000243. The van der Waals surface area contributed by atoms with E-state index in [0.29, 0.717) is 19.0 Å². The van der Waals surface area contributed by atoms with Crippen molar-refractivity contribution < 1.29 is 13.2 Å². The summed E-state index contributed by atoms with van der Waals surface area (Å²) in [5.41, 5.74) is 0.644. The van der Waals surface area contributed by atoms with Crippen molar-refractivity contribution in [3.8, 4) is 0 Å². The maximum Gasteiger partial charge on any atom is 0.240 e. The van der Waals surface area contributed by atoms with Crippen LogP contribution in [0.3, 0.4) is 0 Å². The molecule has 0 aromatic heterocycles. The normalized spacial score (nSPS) is 25.2. The lowest BCUT2D eigenvalue weighted by atomic mass is 9.67. The second-order valence-corrected chi connectivity index (χ2v) is 8.82. The van der Waals surface area contributed by atoms with Gasteiger partial charge in [0.1, 0.15) is 0 Å². The van der Waals surface area contributed by atoms with E-state index < -0.39 is 10.0 Å². The minimum atomic E-state index is -3.43. The van der Waals surface area contributed by atoms with E-state index in [1.807, 2.05) is 0 Å². The van der Waals surface area contributed by atoms with E-state index in [4.69, 9.17) is 0 Å². The molecule has 0 radical (unpaired) electrons. The average molecular weight is 402 g/mol. The SMILES string of the molecule is CCNS(=O)(=O)c1ccc(CNC(=O)[C@@]23CCCC[C@H]2CNC3)cc1.Cl. The summed E-state index contributed by atoms with van der Waals surface area (Å²) in [4.78, 5) is 13.1. The molecule has 2 fully saturated rings. The number of hydrogen-bond donors (Lipinski definition) is 3. The van der Waals surface area contributed by atoms with Crippen LogP contribution >= 0.6 is 12.4 Å². The van der Waals surface area contributed by atoms with E-state index in [2.05, 4.69) is 15.4 Å². The highest BCUT2D eigenvalue weighted by Crippen LogP contribution is 2.43. The fourth-order valence-electron chi connectivity index (χ4n) is 4.11. The summed E-state index contributed by atoms with van der Waals surface area (Å²) in [6, 6.07) is 6.68. The zero-order valence-corrected chi connectivity index (χ0v) is 16.7. The molecule has 0 bridgehead atoms. The van der Waals surface area contributed by atoms with Crippen molar-refractivity contribution in [2.24, 2.45) is 11.3 Å². The van der Waals surface area contributed by atoms with Gasteiger partial charge in [0.25, 0.3) is 0 Å². The molecular weight excluding hydrogens is 374 g/mol. The van der Waals surface area contributed by atoms with Crippen molar-refractivity contribution in [1.82, 2.24) is 15.4 Å². The molecule has 3 rings (SSSR count). The van der Waals surface area contributed by atoms with Crippen LogP contribution in [0.2, 0.25) is 0 Å². The fraction of sp³-hybridized carbons (Fsp3) is 0.611. The highest BCUT2D eigenvalue weighted by molar-refractivity contribution is 7.89. The highest BCUT2D eigenvalue weighted by atomic mass is 35.5. The predicted molar refractivity (Wildman–Crippen MR) is 104 cm³/mol. The van der Waals surface area contributed by atoms with Crippen molar-refractivity contribution in [1.29, 1.82) is 0 Å². The lowest BCUT2D eigenvalue weighted by molar-refractivity contribution is -0.134. The zero-order chi connectivity index (χ0) is 17.9. The number of hydrogen-bond acceptors (Lipinski definition) is 4. The Labute approximate surface area is 162 Å². The molecule has 1 amide bonds. The van der Waals surface area contributed by atoms with Gasteiger partial charge in [-0.3, -0.25) is 4.79 Å². The maximum absolute atomic E-state index is 12.8. The Hall–Kier alpha value is -1.15. The molecule has 146 valence electrons. The number of carbonyl (C=O) groups is 1. The molecule has 0 unspecified atom stereocenters. The Morgan fingerprint density at radius 3 is 2.69 bits per heavy atom. The quantitative estimate of drug-likeness (QED) is 0.678. The van der Waals surface area contributed by atoms with Crippen LogP contribution in [0, 0.1) is 11.3 Å². The van der Waals surface area contributed by atoms with Crippen LogP contribution < -0.4 is 15.4 Å². The van der Waals surface area contributed by atoms with Gasteiger partial charge in [-0.25, -0.2) is 13.1 Å². The van der Waals surface area contributed by atoms with E-state index in [0.717, 1.165) is 37.9 Å². The zero-order valence-electron chi connectivity index (χ0n) is 15.1. The number of carbonyl (C=O) groups excluding carboxylic acids is 1. The summed E-state index contributed by atoms with van der Waals surface area (Å²) in [7, 11) is -3.43. The molecule has 1 saturated heterocycles. The van der Waals surface area contributed by atoms with Gasteiger partial charge < -0.3 is 10.6 Å². The van der Waals surface area contributed by atoms with Gasteiger partial charge in [0.2, 0.25) is 15.9 Å². The van der Waals surface area contributed by atoms with Crippen molar-refractivity contribution in [3.05, 3.63) is 29.8 Å². The van der Waals surface area contributed by atoms with Gasteiger partial charge in [-0.05, 0) is 43.0 Å². The van der Waals surface area contributed by atoms with Crippen LogP contribution in [0.4, 0.5) is 0 Å². The van der Waals surface area contributed by atoms with Gasteiger partial charge in [-0.2, -0.15) is 0 Å². The first kappa shape index (κ1) is 21.2. The van der Waals surface area contributed by atoms with Crippen LogP contribution in [-0.2, 0) is 21.4 Å². The van der Waals surface area contributed by atoms with Crippen molar-refractivity contribution in [2.75, 3.05) is 19.6 Å². The molecule has 2 aliphatic rings. The number of halogens is 1. The van der Waals surface area contributed by atoms with E-state index in [9.17, 15) is 13.2 Å². The van der Waals surface area contributed by atoms with E-state index in [1.165, 1.54) is 6.42 Å². The van der Waals surface area contributed by atoms with Crippen LogP contribution in [0.5, 0.6) is 0 Å². The Bertz CT molecular complexity index is 724. The fourth-order valence-corrected chi connectivity index (χ4v) is 5.15. The number of fused-ring (bicyclic) bond motifs is 1. The third kappa shape index (κ3) is 4.22. The summed E-state index contributed by atoms with van der Waals surface area (Å²) in [5, 5.41) is 6.46. The smallest absolute Gasteiger partial charge is 0.240 e. The molecule has 2 atom stereocenters. The average Bonchev–Trinajstić information content (AvgIpc) is 3.05. The molecule has 1 aromatic rings. The Morgan fingerprint density at radius 2 is 2.00 bits per heavy atom. The monoisotopic (exact) mass is 401 g/mol. The molecule has 1 aliphatic heterocycles. The van der Waals surface area contributed by atoms with Gasteiger partial charge in [-0.1, -0.05) is 31.9 Å². The Kier molecular flexibility index (Phi) is 7.07. The van der Waals surface area contributed by atoms with Gasteiger partial charge in [0.15, 0.2) is 0 Å². The molecule has 3 N–H and O–H groups in total. The summed E-state index contributed by atoms with van der Waals surface area (Å²) in [5.74, 6) is 0.570. The van der Waals surface area contributed by atoms with Crippen LogP contribution in [0.25, 0.3) is 0 Å². The van der Waals surface area contributed by atoms with Crippen LogP contribution in [-0.4, -0.2) is 34.0 Å². The molecule has 1 aliphatic carbocycles. The van der Waals surface area contributed by atoms with E-state index in [1.54, 1.807) is 31.2 Å². The molecular formula is C18H28ClN3O3S. The standard InChI is InChI=1S/C18H27N3O3S.ClH/c1-2-21-25(23,24)16-8-6-14(7-9-16)11-20-17(22)18-10-4-3-5-15(18)12-19-13-18;/h6-9,15,19,21H,2-5,10-13H2,1H3,(H,20,22);1H/t15-,18+;/m0./s1. The largest absolute Gasteiger partial charge is 0.351 e. The lowest BCUT2D eigenvalue weighted by Gasteiger charge is -2.37. The van der Waals surface area contributed by atoms with Crippen molar-refractivity contribution >= 4 is 28.3 Å². The van der Waals surface area contributed by atoms with Gasteiger partial charge >= 0.3 is 0 Å². The Morgan fingerprint density at radius 1 is 1.27 bits per heavy atom. The predicted octanol–water partition coefficient (Wildman–Crippen LogP) is 1.80. The minimum Gasteiger partial charge on any atom is -0.351 e. The maximum atomic E-state index is 12.8. The molecule has 1 aromatic carbocycles. The van der Waals surface area contributed by atoms with Crippen molar-refractivity contribution in [3.63, 3.8) is 0 Å². The first-order valence-corrected chi connectivity index (χ1v) is 10.5. The first-order chi connectivity index (χ1) is 12.0. The topological polar surface area (TPSA) is 87.3 Å². The van der Waals surface area contributed by atoms with Crippen LogP contribution in [0.15, 0.2) is 29.2 Å². The van der Waals surface area contributed by atoms with E-state index in [-0.39, 0.29) is 28.6 Å². The first-order valence-electron chi connectivity index (χ1n) is 9.05. The molecule has 8 heteroatoms. The number of benzene rings is 1. The highest BCUT2D eigenvalue weighted by Gasteiger charge is 2.49. The summed E-state index contributed by atoms with van der Waals surface area (Å²) in [6.07, 6.45) is 4.40. The van der Waals surface area contributed by atoms with Gasteiger partial charge in [-0.15, -0.1) is 12.4 Å². The third-order valence-electron chi connectivity index (χ3n) is 5.51. The lowest BCUT2D eigenvalue weighted by Crippen LogP contribution is -2.47. The minimum absolute atomic E-state index is 0. The summed E-state index contributed by atoms with van der Waals surface area (Å²) < 4.78 is 26.4. The molecule has 6 nitrogen and oxygen atoms in total. The van der Waals surface area contributed by atoms with Gasteiger partial charge in [0, 0.05) is 19.6 Å². The second kappa shape index (κ2) is 8.69. The second-order valence-electron chi connectivity index (χ2n) is 7.06. The molecule has 1 saturated carbocycles. The molecule has 1 heterocycles. The van der Waals surface area contributed by atoms with E-state index >= 15 is 0 Å². The molecule has 0 spiro atoms. The number of amides is 1. The van der Waals surface area contributed by atoms with Crippen LogP contribution in [0.1, 0.15) is 38.2 Å². The number of nitrogens with one attached hydrogen (secondary N) is 3. The summed E-state index contributed by atoms with van der Waals surface area (Å²) >= 11 is 0. The third-order valence-corrected chi connectivity index (χ3v) is 7.07. The number of sulfonamides is 1.